The molecule has 0 aromatic heterocycles. The Balaban J connectivity index is 1.86. The Bertz CT molecular complexity index is 520. The van der Waals surface area contributed by atoms with Crippen molar-refractivity contribution in [3.05, 3.63) is 65.7 Å². The van der Waals surface area contributed by atoms with E-state index < -0.39 is 0 Å². The molecule has 0 spiro atoms. The van der Waals surface area contributed by atoms with Crippen LogP contribution < -0.4 is 0 Å². The normalized spacial score (nSPS) is 10.0. The number of ether oxygens (including phenoxy) is 1. The first kappa shape index (κ1) is 12.2. The fourth-order valence-electron chi connectivity index (χ4n) is 1.63. The SMILES string of the molecule is O=C(OCCc1ccccc1O)c1ccccc1. The van der Waals surface area contributed by atoms with Crippen molar-refractivity contribution in [1.29, 1.82) is 0 Å². The van der Waals surface area contributed by atoms with Crippen molar-refractivity contribution in [3.63, 3.8) is 0 Å². The summed E-state index contributed by atoms with van der Waals surface area (Å²) in [5.74, 6) is -0.112. The Morgan fingerprint density at radius 1 is 1.00 bits per heavy atom. The van der Waals surface area contributed by atoms with E-state index in [1.54, 1.807) is 36.4 Å². The van der Waals surface area contributed by atoms with Crippen LogP contribution in [0.2, 0.25) is 0 Å². The fourth-order valence-corrected chi connectivity index (χ4v) is 1.63. The second kappa shape index (κ2) is 5.87. The molecule has 2 aromatic rings. The molecule has 2 aromatic carbocycles. The maximum absolute atomic E-state index is 11.6. The summed E-state index contributed by atoms with van der Waals surface area (Å²) in [6.07, 6.45) is 0.505. The third-order valence-corrected chi connectivity index (χ3v) is 2.61. The molecule has 2 rings (SSSR count). The molecule has 0 unspecified atom stereocenters. The lowest BCUT2D eigenvalue weighted by Crippen LogP contribution is -2.08. The van der Waals surface area contributed by atoms with Crippen LogP contribution in [0.25, 0.3) is 0 Å². The molecule has 18 heavy (non-hydrogen) atoms. The van der Waals surface area contributed by atoms with E-state index in [9.17, 15) is 9.90 Å². The summed E-state index contributed by atoms with van der Waals surface area (Å²) in [4.78, 5) is 11.6. The van der Waals surface area contributed by atoms with E-state index in [4.69, 9.17) is 4.74 Å². The third kappa shape index (κ3) is 3.10. The van der Waals surface area contributed by atoms with Crippen LogP contribution in [0.1, 0.15) is 15.9 Å². The van der Waals surface area contributed by atoms with Gasteiger partial charge in [0.25, 0.3) is 0 Å². The number of carbonyl (C=O) groups excluding carboxylic acids is 1. The van der Waals surface area contributed by atoms with Crippen LogP contribution in [-0.4, -0.2) is 17.7 Å². The maximum atomic E-state index is 11.6. The van der Waals surface area contributed by atoms with Crippen LogP contribution in [0.5, 0.6) is 5.75 Å². The molecule has 92 valence electrons. The first-order valence-corrected chi connectivity index (χ1v) is 5.76. The quantitative estimate of drug-likeness (QED) is 0.838. The highest BCUT2D eigenvalue weighted by atomic mass is 16.5. The summed E-state index contributed by atoms with van der Waals surface area (Å²) >= 11 is 0. The van der Waals surface area contributed by atoms with Gasteiger partial charge in [-0.3, -0.25) is 0 Å². The Morgan fingerprint density at radius 3 is 2.39 bits per heavy atom. The molecule has 0 fully saturated rings. The molecule has 3 heteroatoms. The molecule has 0 aliphatic rings. The van der Waals surface area contributed by atoms with E-state index >= 15 is 0 Å². The predicted molar refractivity (Wildman–Crippen MR) is 68.5 cm³/mol. The van der Waals surface area contributed by atoms with E-state index in [-0.39, 0.29) is 18.3 Å². The van der Waals surface area contributed by atoms with Gasteiger partial charge in [0, 0.05) is 6.42 Å². The lowest BCUT2D eigenvalue weighted by molar-refractivity contribution is 0.0508. The van der Waals surface area contributed by atoms with E-state index in [0.29, 0.717) is 12.0 Å². The van der Waals surface area contributed by atoms with Gasteiger partial charge in [-0.25, -0.2) is 4.79 Å². The van der Waals surface area contributed by atoms with Crippen molar-refractivity contribution >= 4 is 5.97 Å². The topological polar surface area (TPSA) is 46.5 Å². The predicted octanol–water partition coefficient (Wildman–Crippen LogP) is 2.79. The average molecular weight is 242 g/mol. The molecular weight excluding hydrogens is 228 g/mol. The van der Waals surface area contributed by atoms with Crippen LogP contribution in [0, 0.1) is 0 Å². The number of phenolic OH excluding ortho intramolecular Hbond substituents is 1. The van der Waals surface area contributed by atoms with E-state index in [0.717, 1.165) is 5.56 Å². The minimum Gasteiger partial charge on any atom is -0.508 e. The zero-order valence-corrected chi connectivity index (χ0v) is 9.87. The number of aromatic hydroxyl groups is 1. The number of para-hydroxylation sites is 1. The fraction of sp³-hybridized carbons (Fsp3) is 0.133. The number of hydrogen-bond acceptors (Lipinski definition) is 3. The van der Waals surface area contributed by atoms with Crippen LogP contribution in [0.4, 0.5) is 0 Å². The minimum absolute atomic E-state index is 0.230. The zero-order chi connectivity index (χ0) is 12.8. The summed E-state index contributed by atoms with van der Waals surface area (Å²) in [6.45, 7) is 0.255. The molecular formula is C15H14O3. The molecule has 0 aliphatic heterocycles. The highest BCUT2D eigenvalue weighted by Crippen LogP contribution is 2.16. The van der Waals surface area contributed by atoms with E-state index in [2.05, 4.69) is 0 Å². The van der Waals surface area contributed by atoms with Gasteiger partial charge in [-0.15, -0.1) is 0 Å². The van der Waals surface area contributed by atoms with E-state index in [1.165, 1.54) is 0 Å². The van der Waals surface area contributed by atoms with E-state index in [1.807, 2.05) is 18.2 Å². The van der Waals surface area contributed by atoms with Gasteiger partial charge in [-0.1, -0.05) is 36.4 Å². The van der Waals surface area contributed by atoms with Crippen molar-refractivity contribution in [1.82, 2.24) is 0 Å². The minimum atomic E-state index is -0.342. The Kier molecular flexibility index (Phi) is 3.97. The smallest absolute Gasteiger partial charge is 0.338 e. The van der Waals surface area contributed by atoms with Crippen LogP contribution in [-0.2, 0) is 11.2 Å². The molecule has 0 saturated heterocycles. The maximum Gasteiger partial charge on any atom is 0.338 e. The molecule has 0 amide bonds. The van der Waals surface area contributed by atoms with Crippen molar-refractivity contribution in [2.75, 3.05) is 6.61 Å². The third-order valence-electron chi connectivity index (χ3n) is 2.61. The van der Waals surface area contributed by atoms with Crippen LogP contribution >= 0.6 is 0 Å². The molecule has 0 saturated carbocycles. The Labute approximate surface area is 106 Å². The Hall–Kier alpha value is -2.29. The lowest BCUT2D eigenvalue weighted by Gasteiger charge is -2.06. The number of benzene rings is 2. The van der Waals surface area contributed by atoms with Gasteiger partial charge in [-0.05, 0) is 23.8 Å². The second-order valence-corrected chi connectivity index (χ2v) is 3.88. The summed E-state index contributed by atoms with van der Waals surface area (Å²) in [5.41, 5.74) is 1.31. The number of carbonyl (C=O) groups is 1. The highest BCUT2D eigenvalue weighted by molar-refractivity contribution is 5.89. The van der Waals surface area contributed by atoms with Gasteiger partial charge in [0.1, 0.15) is 5.75 Å². The molecule has 3 nitrogen and oxygen atoms in total. The first-order chi connectivity index (χ1) is 8.77. The largest absolute Gasteiger partial charge is 0.508 e. The summed E-state index contributed by atoms with van der Waals surface area (Å²) in [5, 5.41) is 9.55. The van der Waals surface area contributed by atoms with Gasteiger partial charge >= 0.3 is 5.97 Å². The number of phenols is 1. The zero-order valence-electron chi connectivity index (χ0n) is 9.87. The summed E-state index contributed by atoms with van der Waals surface area (Å²) in [7, 11) is 0. The standard InChI is InChI=1S/C15H14O3/c16-14-9-5-4-6-12(14)10-11-18-15(17)13-7-2-1-3-8-13/h1-9,16H,10-11H2. The van der Waals surface area contributed by atoms with Gasteiger partial charge in [-0.2, -0.15) is 0 Å². The molecule has 0 radical (unpaired) electrons. The average Bonchev–Trinajstić information content (AvgIpc) is 2.42. The summed E-state index contributed by atoms with van der Waals surface area (Å²) in [6, 6.07) is 15.9. The van der Waals surface area contributed by atoms with Crippen molar-refractivity contribution in [2.24, 2.45) is 0 Å². The monoisotopic (exact) mass is 242 g/mol. The van der Waals surface area contributed by atoms with Gasteiger partial charge in [0.05, 0.1) is 12.2 Å². The highest BCUT2D eigenvalue weighted by Gasteiger charge is 2.06. The second-order valence-electron chi connectivity index (χ2n) is 3.88. The molecule has 0 heterocycles. The molecule has 1 N–H and O–H groups in total. The van der Waals surface area contributed by atoms with Crippen molar-refractivity contribution in [3.8, 4) is 5.75 Å². The number of hydrogen-bond donors (Lipinski definition) is 1. The van der Waals surface area contributed by atoms with Gasteiger partial charge in [0.15, 0.2) is 0 Å². The molecule has 0 aliphatic carbocycles. The lowest BCUT2D eigenvalue weighted by atomic mass is 10.1. The molecule has 0 bridgehead atoms. The number of esters is 1. The van der Waals surface area contributed by atoms with Crippen molar-refractivity contribution in [2.45, 2.75) is 6.42 Å². The number of rotatable bonds is 4. The van der Waals surface area contributed by atoms with Crippen molar-refractivity contribution < 1.29 is 14.6 Å². The van der Waals surface area contributed by atoms with Crippen LogP contribution in [0.15, 0.2) is 54.6 Å². The van der Waals surface area contributed by atoms with Crippen LogP contribution in [0.3, 0.4) is 0 Å². The Morgan fingerprint density at radius 2 is 1.67 bits per heavy atom. The van der Waals surface area contributed by atoms with Gasteiger partial charge in [0.2, 0.25) is 0 Å². The summed E-state index contributed by atoms with van der Waals surface area (Å²) < 4.78 is 5.14. The molecule has 0 atom stereocenters. The van der Waals surface area contributed by atoms with Gasteiger partial charge < -0.3 is 9.84 Å². The first-order valence-electron chi connectivity index (χ1n) is 5.76.